The highest BCUT2D eigenvalue weighted by atomic mass is 35.5. The molecule has 7 rings (SSSR count). The van der Waals surface area contributed by atoms with Gasteiger partial charge in [0.05, 0.1) is 18.1 Å². The number of piperazine rings is 1. The minimum Gasteiger partial charge on any atom is -0.394 e. The number of fused-ring (bicyclic) bond motifs is 1. The average molecular weight is 740 g/mol. The van der Waals surface area contributed by atoms with Gasteiger partial charge in [-0.15, -0.1) is 0 Å². The number of benzene rings is 4. The van der Waals surface area contributed by atoms with Crippen LogP contribution in [0.5, 0.6) is 0 Å². The van der Waals surface area contributed by atoms with Gasteiger partial charge in [-0.2, -0.15) is 4.31 Å². The second-order valence-electron chi connectivity index (χ2n) is 13.3. The molecule has 4 aromatic carbocycles. The molecule has 3 N–H and O–H groups in total. The van der Waals surface area contributed by atoms with Crippen molar-refractivity contribution in [1.29, 1.82) is 0 Å². The van der Waals surface area contributed by atoms with Crippen LogP contribution in [0.15, 0.2) is 107 Å². The molecule has 2 saturated heterocycles. The molecule has 2 aliphatic heterocycles. The van der Waals surface area contributed by atoms with Gasteiger partial charge in [-0.25, -0.2) is 8.42 Å². The number of nitrogens with zero attached hydrogens (tertiary/aromatic N) is 3. The molecule has 52 heavy (non-hydrogen) atoms. The van der Waals surface area contributed by atoms with E-state index in [-0.39, 0.29) is 23.0 Å². The van der Waals surface area contributed by atoms with Crippen LogP contribution in [0, 0.1) is 0 Å². The molecule has 3 aliphatic rings. The lowest BCUT2D eigenvalue weighted by molar-refractivity contribution is 0.0730. The Kier molecular flexibility index (Phi) is 10.8. The van der Waals surface area contributed by atoms with Crippen molar-refractivity contribution in [3.05, 3.63) is 130 Å². The molecule has 0 atom stereocenters. The first-order valence-electron chi connectivity index (χ1n) is 17.6. The second kappa shape index (κ2) is 15.6. The van der Waals surface area contributed by atoms with E-state index in [1.54, 1.807) is 30.3 Å². The third-order valence-electron chi connectivity index (χ3n) is 10.0. The first-order chi connectivity index (χ1) is 25.2. The van der Waals surface area contributed by atoms with Gasteiger partial charge in [0, 0.05) is 74.2 Å². The number of nitrogens with one attached hydrogen (secondary N) is 1. The summed E-state index contributed by atoms with van der Waals surface area (Å²) in [7, 11) is -3.64. The number of sulfonamides is 1. The second-order valence-corrected chi connectivity index (χ2v) is 15.7. The molecule has 1 aliphatic carbocycles. The molecule has 270 valence electrons. The Morgan fingerprint density at radius 1 is 0.769 bits per heavy atom. The smallest absolute Gasteiger partial charge is 0.243 e. The summed E-state index contributed by atoms with van der Waals surface area (Å²) >= 11 is 6.18. The minimum absolute atomic E-state index is 0.0274. The Morgan fingerprint density at radius 2 is 1.44 bits per heavy atom. The number of nitrogens with two attached hydrogens (primary N) is 1. The number of Topliss-reactive ketones (excluding diaryl/α,β-unsaturated/α-hetero) is 2. The highest BCUT2D eigenvalue weighted by molar-refractivity contribution is 7.89. The summed E-state index contributed by atoms with van der Waals surface area (Å²) in [5.41, 5.74) is 12.2. The lowest BCUT2D eigenvalue weighted by atomic mass is 9.90. The summed E-state index contributed by atoms with van der Waals surface area (Å²) < 4.78 is 34.0. The highest BCUT2D eigenvalue weighted by Gasteiger charge is 2.31. The first kappa shape index (κ1) is 35.9. The number of rotatable bonds is 11. The summed E-state index contributed by atoms with van der Waals surface area (Å²) in [6.45, 7) is 6.00. The Balaban J connectivity index is 0.951. The van der Waals surface area contributed by atoms with Crippen molar-refractivity contribution in [2.45, 2.75) is 24.3 Å². The average Bonchev–Trinajstić information content (AvgIpc) is 3.18. The zero-order valence-electron chi connectivity index (χ0n) is 28.9. The molecule has 2 fully saturated rings. The Bertz CT molecular complexity index is 2090. The fourth-order valence-corrected chi connectivity index (χ4v) is 8.65. The molecule has 2 heterocycles. The molecule has 12 heteroatoms. The summed E-state index contributed by atoms with van der Waals surface area (Å²) in [5.74, 6) is -0.565. The molecular weight excluding hydrogens is 698 g/mol. The molecule has 4 aromatic rings. The zero-order chi connectivity index (χ0) is 36.2. The number of carbonyl (C=O) groups is 2. The van der Waals surface area contributed by atoms with E-state index < -0.39 is 10.0 Å². The molecular formula is C40H42ClN5O5S. The van der Waals surface area contributed by atoms with Crippen LogP contribution in [0.4, 0.5) is 5.69 Å². The molecule has 0 amide bonds. The number of aryl methyl sites for hydroxylation is 1. The zero-order valence-corrected chi connectivity index (χ0v) is 30.5. The van der Waals surface area contributed by atoms with Crippen LogP contribution in [0.1, 0.15) is 38.3 Å². The SMILES string of the molecule is NC1=C(NCCCc2ccc(N3CCN(Cc4cc(S(=O)(=O)N5CCOCC5)ccc4-c4ccc(Cl)cc4)CC3)cc2)C(=O)c2ccccc2C1=O. The topological polar surface area (TPSA) is 125 Å². The van der Waals surface area contributed by atoms with Crippen molar-refractivity contribution < 1.29 is 22.7 Å². The van der Waals surface area contributed by atoms with E-state index in [0.29, 0.717) is 60.4 Å². The van der Waals surface area contributed by atoms with Crippen LogP contribution in [0.25, 0.3) is 11.1 Å². The van der Waals surface area contributed by atoms with Crippen molar-refractivity contribution in [2.75, 3.05) is 63.9 Å². The first-order valence-corrected chi connectivity index (χ1v) is 19.5. The van der Waals surface area contributed by atoms with E-state index in [2.05, 4.69) is 39.4 Å². The number of carbonyl (C=O) groups excluding carboxylic acids is 2. The number of halogens is 1. The van der Waals surface area contributed by atoms with E-state index >= 15 is 0 Å². The number of hydrogen-bond donors (Lipinski definition) is 2. The number of ether oxygens (including phenoxy) is 1. The van der Waals surface area contributed by atoms with E-state index in [4.69, 9.17) is 22.1 Å². The number of morpholine rings is 1. The van der Waals surface area contributed by atoms with Crippen LogP contribution in [-0.2, 0) is 27.7 Å². The number of anilines is 1. The molecule has 0 aromatic heterocycles. The van der Waals surface area contributed by atoms with Crippen LogP contribution in [-0.4, -0.2) is 88.2 Å². The van der Waals surface area contributed by atoms with Crippen molar-refractivity contribution in [1.82, 2.24) is 14.5 Å². The largest absolute Gasteiger partial charge is 0.394 e. The summed E-state index contributed by atoms with van der Waals surface area (Å²) in [5, 5.41) is 3.77. The Hall–Kier alpha value is -4.52. The van der Waals surface area contributed by atoms with E-state index in [0.717, 1.165) is 61.4 Å². The van der Waals surface area contributed by atoms with Gasteiger partial charge < -0.3 is 20.7 Å². The minimum atomic E-state index is -3.64. The van der Waals surface area contributed by atoms with Crippen LogP contribution in [0.3, 0.4) is 0 Å². The summed E-state index contributed by atoms with van der Waals surface area (Å²) in [4.78, 5) is 30.6. The molecule has 0 saturated carbocycles. The lowest BCUT2D eigenvalue weighted by Crippen LogP contribution is -2.46. The summed E-state index contributed by atoms with van der Waals surface area (Å²) in [6.07, 6.45) is 1.58. The highest BCUT2D eigenvalue weighted by Crippen LogP contribution is 2.31. The van der Waals surface area contributed by atoms with E-state index in [1.165, 1.54) is 9.87 Å². The van der Waals surface area contributed by atoms with Gasteiger partial charge in [-0.1, -0.05) is 66.2 Å². The third kappa shape index (κ3) is 7.65. The third-order valence-corrected chi connectivity index (χ3v) is 12.2. The van der Waals surface area contributed by atoms with Crippen molar-refractivity contribution in [2.24, 2.45) is 5.73 Å². The normalized spacial score (nSPS) is 17.4. The maximum absolute atomic E-state index is 13.6. The Morgan fingerprint density at radius 3 is 2.13 bits per heavy atom. The number of hydrogen-bond acceptors (Lipinski definition) is 9. The predicted octanol–water partition coefficient (Wildman–Crippen LogP) is 5.12. The van der Waals surface area contributed by atoms with Crippen molar-refractivity contribution in [3.63, 3.8) is 0 Å². The molecule has 0 spiro atoms. The molecule has 0 bridgehead atoms. The fraction of sp³-hybridized carbons (Fsp3) is 0.300. The number of ketones is 2. The van der Waals surface area contributed by atoms with Gasteiger partial charge in [0.25, 0.3) is 0 Å². The Labute approximate surface area is 309 Å². The van der Waals surface area contributed by atoms with E-state index in [9.17, 15) is 18.0 Å². The van der Waals surface area contributed by atoms with Gasteiger partial charge >= 0.3 is 0 Å². The molecule has 0 unspecified atom stereocenters. The quantitative estimate of drug-likeness (QED) is 0.202. The van der Waals surface area contributed by atoms with Gasteiger partial charge in [0.2, 0.25) is 21.6 Å². The molecule has 0 radical (unpaired) electrons. The maximum atomic E-state index is 13.6. The van der Waals surface area contributed by atoms with Gasteiger partial charge in [-0.3, -0.25) is 14.5 Å². The van der Waals surface area contributed by atoms with Crippen LogP contribution < -0.4 is 16.0 Å². The molecule has 10 nitrogen and oxygen atoms in total. The van der Waals surface area contributed by atoms with Crippen molar-refractivity contribution >= 4 is 38.9 Å². The van der Waals surface area contributed by atoms with Crippen molar-refractivity contribution in [3.8, 4) is 11.1 Å². The van der Waals surface area contributed by atoms with Crippen LogP contribution >= 0.6 is 11.6 Å². The standard InChI is InChI=1S/C40H42ClN5O5S/c41-31-11-9-29(10-12-31)34-16-15-33(52(49,50)46-22-24-51-25-23-46)26-30(34)27-44-18-20-45(21-19-44)32-13-7-28(8-14-32)4-3-17-43-38-37(42)39(47)35-5-1-2-6-36(35)40(38)48/h1-2,5-16,26,43H,3-4,17-25,27,42H2. The fourth-order valence-electron chi connectivity index (χ4n) is 7.06. The van der Waals surface area contributed by atoms with Gasteiger partial charge in [-0.05, 0) is 71.5 Å². The van der Waals surface area contributed by atoms with Crippen LogP contribution in [0.2, 0.25) is 5.02 Å². The monoisotopic (exact) mass is 739 g/mol. The van der Waals surface area contributed by atoms with Gasteiger partial charge in [0.15, 0.2) is 0 Å². The van der Waals surface area contributed by atoms with Gasteiger partial charge in [0.1, 0.15) is 11.4 Å². The predicted molar refractivity (Wildman–Crippen MR) is 203 cm³/mol. The maximum Gasteiger partial charge on any atom is 0.243 e. The van der Waals surface area contributed by atoms with E-state index in [1.807, 2.05) is 36.4 Å². The number of allylic oxidation sites excluding steroid dienone is 2. The summed E-state index contributed by atoms with van der Waals surface area (Å²) in [6, 6.07) is 28.5. The lowest BCUT2D eigenvalue weighted by Gasteiger charge is -2.36.